The van der Waals surface area contributed by atoms with Gasteiger partial charge in [-0.1, -0.05) is 75.1 Å². The van der Waals surface area contributed by atoms with Gasteiger partial charge in [-0.2, -0.15) is 0 Å². The van der Waals surface area contributed by atoms with Gasteiger partial charge in [-0.25, -0.2) is 4.79 Å². The van der Waals surface area contributed by atoms with E-state index in [-0.39, 0.29) is 31.4 Å². The number of rotatable bonds is 16. The summed E-state index contributed by atoms with van der Waals surface area (Å²) >= 11 is 0. The molecule has 0 fully saturated rings. The van der Waals surface area contributed by atoms with Crippen LogP contribution in [-0.4, -0.2) is 49.4 Å². The number of unbranched alkanes of at least 4 members (excludes halogenated alkanes) is 3. The van der Waals surface area contributed by atoms with Gasteiger partial charge in [0.15, 0.2) is 6.04 Å². The number of amides is 1. The third kappa shape index (κ3) is 9.11. The number of Topliss-reactive ketones (excluding diaryl/α,β-unsaturated/α-hetero) is 1. The van der Waals surface area contributed by atoms with Crippen molar-refractivity contribution in [2.45, 2.75) is 65.1 Å². The second kappa shape index (κ2) is 15.7. The molecule has 2 aromatic rings. The van der Waals surface area contributed by atoms with E-state index in [9.17, 15) is 14.4 Å². The van der Waals surface area contributed by atoms with E-state index < -0.39 is 17.9 Å². The van der Waals surface area contributed by atoms with Crippen molar-refractivity contribution >= 4 is 17.7 Å². The average molecular weight is 498 g/mol. The van der Waals surface area contributed by atoms with Gasteiger partial charge < -0.3 is 19.1 Å². The summed E-state index contributed by atoms with van der Waals surface area (Å²) in [7, 11) is 2.87. The first-order valence-electron chi connectivity index (χ1n) is 12.5. The molecular formula is C29H39NO6. The summed E-state index contributed by atoms with van der Waals surface area (Å²) in [5.74, 6) is -1.30. The minimum absolute atomic E-state index is 0.0517. The molecule has 0 saturated heterocycles. The Morgan fingerprint density at radius 2 is 1.58 bits per heavy atom. The summed E-state index contributed by atoms with van der Waals surface area (Å²) in [6, 6.07) is 15.9. The maximum Gasteiger partial charge on any atom is 0.331 e. The van der Waals surface area contributed by atoms with Gasteiger partial charge >= 0.3 is 5.97 Å². The van der Waals surface area contributed by atoms with E-state index in [1.165, 1.54) is 18.9 Å². The lowest BCUT2D eigenvalue weighted by Gasteiger charge is -2.32. The predicted molar refractivity (Wildman–Crippen MR) is 138 cm³/mol. The third-order valence-corrected chi connectivity index (χ3v) is 6.17. The van der Waals surface area contributed by atoms with Crippen LogP contribution in [0.5, 0.6) is 5.75 Å². The van der Waals surface area contributed by atoms with E-state index in [4.69, 9.17) is 14.2 Å². The fraction of sp³-hybridized carbons (Fsp3) is 0.483. The number of carbonyl (C=O) groups excluding carboxylic acids is 3. The highest BCUT2D eigenvalue weighted by atomic mass is 16.5. The van der Waals surface area contributed by atoms with Gasteiger partial charge in [0.1, 0.15) is 11.5 Å². The summed E-state index contributed by atoms with van der Waals surface area (Å²) in [6.07, 6.45) is 4.28. The molecule has 2 unspecified atom stereocenters. The van der Waals surface area contributed by atoms with Gasteiger partial charge in [-0.15, -0.1) is 0 Å². The van der Waals surface area contributed by atoms with Crippen LogP contribution in [0.3, 0.4) is 0 Å². The van der Waals surface area contributed by atoms with Crippen LogP contribution in [0, 0.1) is 5.92 Å². The quantitative estimate of drug-likeness (QED) is 0.185. The summed E-state index contributed by atoms with van der Waals surface area (Å²) in [6.45, 7) is 3.92. The molecule has 2 atom stereocenters. The fourth-order valence-electron chi connectivity index (χ4n) is 4.03. The molecule has 2 rings (SSSR count). The highest BCUT2D eigenvalue weighted by Crippen LogP contribution is 2.21. The molecule has 0 spiro atoms. The van der Waals surface area contributed by atoms with Gasteiger partial charge in [-0.05, 0) is 36.6 Å². The van der Waals surface area contributed by atoms with Crippen molar-refractivity contribution in [1.29, 1.82) is 0 Å². The van der Waals surface area contributed by atoms with Crippen molar-refractivity contribution in [1.82, 2.24) is 4.90 Å². The SMILES string of the molecule is CCCCCCC(C(C)=O)C(=O)N(Cc1ccc(OC)cc1)C(COCc1ccccc1)C(=O)OC. The molecule has 0 saturated carbocycles. The zero-order chi connectivity index (χ0) is 26.3. The van der Waals surface area contributed by atoms with E-state index in [0.717, 1.165) is 36.8 Å². The van der Waals surface area contributed by atoms with Crippen LogP contribution in [0.2, 0.25) is 0 Å². The smallest absolute Gasteiger partial charge is 0.331 e. The number of hydrogen-bond donors (Lipinski definition) is 0. The standard InChI is InChI=1S/C29H39NO6/c1-5-6-7-11-14-26(22(2)31)28(32)30(19-23-15-17-25(34-3)18-16-23)27(29(33)35-4)21-36-20-24-12-9-8-10-13-24/h8-10,12-13,15-18,26-27H,5-7,11,14,19-21H2,1-4H3. The largest absolute Gasteiger partial charge is 0.497 e. The molecule has 196 valence electrons. The van der Waals surface area contributed by atoms with E-state index in [2.05, 4.69) is 6.92 Å². The zero-order valence-corrected chi connectivity index (χ0v) is 21.9. The first-order valence-corrected chi connectivity index (χ1v) is 12.5. The summed E-state index contributed by atoms with van der Waals surface area (Å²) in [5, 5.41) is 0. The molecule has 7 heteroatoms. The molecule has 0 N–H and O–H groups in total. The number of nitrogens with zero attached hydrogens (tertiary/aromatic N) is 1. The minimum Gasteiger partial charge on any atom is -0.497 e. The minimum atomic E-state index is -0.995. The number of benzene rings is 2. The Labute approximate surface area is 214 Å². The van der Waals surface area contributed by atoms with Crippen molar-refractivity contribution in [3.05, 3.63) is 65.7 Å². The Morgan fingerprint density at radius 1 is 0.889 bits per heavy atom. The summed E-state index contributed by atoms with van der Waals surface area (Å²) < 4.78 is 16.2. The number of hydrogen-bond acceptors (Lipinski definition) is 6. The predicted octanol–water partition coefficient (Wildman–Crippen LogP) is 4.96. The van der Waals surface area contributed by atoms with Gasteiger partial charge in [0.25, 0.3) is 0 Å². The van der Waals surface area contributed by atoms with Gasteiger partial charge in [0, 0.05) is 6.54 Å². The van der Waals surface area contributed by atoms with Crippen molar-refractivity contribution in [3.63, 3.8) is 0 Å². The van der Waals surface area contributed by atoms with Crippen molar-refractivity contribution in [2.75, 3.05) is 20.8 Å². The highest BCUT2D eigenvalue weighted by molar-refractivity contribution is 6.01. The number of ketones is 1. The second-order valence-corrected chi connectivity index (χ2v) is 8.87. The lowest BCUT2D eigenvalue weighted by atomic mass is 9.94. The molecule has 1 amide bonds. The van der Waals surface area contributed by atoms with Crippen LogP contribution in [-0.2, 0) is 37.0 Å². The highest BCUT2D eigenvalue weighted by Gasteiger charge is 2.36. The molecule has 0 radical (unpaired) electrons. The van der Waals surface area contributed by atoms with Crippen LogP contribution < -0.4 is 4.74 Å². The lowest BCUT2D eigenvalue weighted by molar-refractivity contribution is -0.159. The van der Waals surface area contributed by atoms with Crippen LogP contribution in [0.1, 0.15) is 57.1 Å². The Kier molecular flexibility index (Phi) is 12.7. The Balaban J connectivity index is 2.30. The van der Waals surface area contributed by atoms with Crippen LogP contribution in [0.25, 0.3) is 0 Å². The number of esters is 1. The van der Waals surface area contributed by atoms with Gasteiger partial charge in [0.2, 0.25) is 5.91 Å². The molecule has 0 aliphatic heterocycles. The number of methoxy groups -OCH3 is 2. The molecule has 7 nitrogen and oxygen atoms in total. The van der Waals surface area contributed by atoms with E-state index >= 15 is 0 Å². The lowest BCUT2D eigenvalue weighted by Crippen LogP contribution is -2.51. The Hall–Kier alpha value is -3.19. The third-order valence-electron chi connectivity index (χ3n) is 6.17. The van der Waals surface area contributed by atoms with E-state index in [1.54, 1.807) is 19.2 Å². The van der Waals surface area contributed by atoms with E-state index in [0.29, 0.717) is 12.2 Å². The van der Waals surface area contributed by atoms with Crippen molar-refractivity contribution in [2.24, 2.45) is 5.92 Å². The molecule has 2 aromatic carbocycles. The molecule has 0 aliphatic rings. The fourth-order valence-corrected chi connectivity index (χ4v) is 4.03. The molecule has 36 heavy (non-hydrogen) atoms. The number of carbonyl (C=O) groups is 3. The first kappa shape index (κ1) is 29.0. The summed E-state index contributed by atoms with van der Waals surface area (Å²) in [5.41, 5.74) is 1.75. The van der Waals surface area contributed by atoms with Crippen LogP contribution in [0.15, 0.2) is 54.6 Å². The second-order valence-electron chi connectivity index (χ2n) is 8.87. The summed E-state index contributed by atoms with van der Waals surface area (Å²) in [4.78, 5) is 40.6. The molecule has 0 aliphatic carbocycles. The van der Waals surface area contributed by atoms with Gasteiger partial charge in [-0.3, -0.25) is 9.59 Å². The van der Waals surface area contributed by atoms with Gasteiger partial charge in [0.05, 0.1) is 33.4 Å². The maximum absolute atomic E-state index is 13.8. The first-order chi connectivity index (χ1) is 17.4. The molecule has 0 heterocycles. The van der Waals surface area contributed by atoms with Crippen LogP contribution >= 0.6 is 0 Å². The Morgan fingerprint density at radius 3 is 2.17 bits per heavy atom. The average Bonchev–Trinajstić information content (AvgIpc) is 2.90. The zero-order valence-electron chi connectivity index (χ0n) is 21.9. The topological polar surface area (TPSA) is 82.1 Å². The monoisotopic (exact) mass is 497 g/mol. The van der Waals surface area contributed by atoms with E-state index in [1.807, 2.05) is 42.5 Å². The molecule has 0 bridgehead atoms. The number of ether oxygens (including phenoxy) is 3. The Bertz CT molecular complexity index is 944. The molecular weight excluding hydrogens is 458 g/mol. The van der Waals surface area contributed by atoms with Crippen LogP contribution in [0.4, 0.5) is 0 Å². The maximum atomic E-state index is 13.8. The molecule has 0 aromatic heterocycles. The normalized spacial score (nSPS) is 12.4. The van der Waals surface area contributed by atoms with Crippen molar-refractivity contribution < 1.29 is 28.6 Å². The van der Waals surface area contributed by atoms with Crippen molar-refractivity contribution in [3.8, 4) is 5.75 Å².